The molecule has 2 rings (SSSR count). The first kappa shape index (κ1) is 11.5. The number of rotatable bonds is 3. The van der Waals surface area contributed by atoms with Gasteiger partial charge >= 0.3 is 0 Å². The lowest BCUT2D eigenvalue weighted by atomic mass is 10.4. The Bertz CT molecular complexity index is 366. The van der Waals surface area contributed by atoms with Crippen LogP contribution in [0.5, 0.6) is 5.75 Å². The molecule has 1 saturated heterocycles. The molecule has 1 aliphatic rings. The summed E-state index contributed by atoms with van der Waals surface area (Å²) in [6.45, 7) is 2.20. The van der Waals surface area contributed by atoms with Crippen LogP contribution in [0.4, 0.5) is 5.69 Å². The topological polar surface area (TPSA) is 28.6 Å². The van der Waals surface area contributed by atoms with Gasteiger partial charge in [0.1, 0.15) is 0 Å². The lowest BCUT2D eigenvalue weighted by molar-refractivity contribution is 0.327. The molecule has 1 aliphatic heterocycles. The number of anilines is 1. The molecule has 2 heterocycles. The van der Waals surface area contributed by atoms with E-state index in [1.165, 1.54) is 12.8 Å². The van der Waals surface area contributed by atoms with E-state index in [-0.39, 0.29) is 0 Å². The molecule has 0 spiro atoms. The lowest BCUT2D eigenvalue weighted by Gasteiger charge is -2.29. The van der Waals surface area contributed by atoms with E-state index in [1.807, 2.05) is 13.1 Å². The van der Waals surface area contributed by atoms with Crippen LogP contribution in [0.2, 0.25) is 5.15 Å². The van der Waals surface area contributed by atoms with Crippen LogP contribution in [0, 0.1) is 0 Å². The van der Waals surface area contributed by atoms with Crippen molar-refractivity contribution < 1.29 is 4.74 Å². The molecule has 0 bridgehead atoms. The van der Waals surface area contributed by atoms with E-state index in [0.717, 1.165) is 18.8 Å². The van der Waals surface area contributed by atoms with Gasteiger partial charge in [0.15, 0.2) is 10.9 Å². The average molecular weight is 242 g/mol. The maximum atomic E-state index is 5.89. The van der Waals surface area contributed by atoms with Gasteiger partial charge in [-0.25, -0.2) is 9.99 Å². The number of nitrogens with zero attached hydrogens (tertiary/aromatic N) is 3. The van der Waals surface area contributed by atoms with Crippen LogP contribution in [-0.4, -0.2) is 37.2 Å². The van der Waals surface area contributed by atoms with E-state index in [0.29, 0.717) is 10.9 Å². The third-order valence-corrected chi connectivity index (χ3v) is 3.18. The zero-order chi connectivity index (χ0) is 11.5. The molecular weight excluding hydrogens is 226 g/mol. The first-order valence-electron chi connectivity index (χ1n) is 5.40. The molecule has 1 aromatic heterocycles. The summed E-state index contributed by atoms with van der Waals surface area (Å²) in [5.74, 6) is 0.616. The number of aromatic nitrogens is 1. The Labute approximate surface area is 101 Å². The summed E-state index contributed by atoms with van der Waals surface area (Å²) in [4.78, 5) is 4.11. The summed E-state index contributed by atoms with van der Waals surface area (Å²) < 4.78 is 5.16. The molecule has 4 nitrogen and oxygen atoms in total. The molecule has 16 heavy (non-hydrogen) atoms. The van der Waals surface area contributed by atoms with Crippen molar-refractivity contribution in [2.75, 3.05) is 32.3 Å². The van der Waals surface area contributed by atoms with E-state index in [1.54, 1.807) is 13.3 Å². The van der Waals surface area contributed by atoms with Crippen molar-refractivity contribution in [3.05, 3.63) is 17.4 Å². The molecule has 0 aromatic carbocycles. The van der Waals surface area contributed by atoms with Gasteiger partial charge in [0.2, 0.25) is 0 Å². The highest BCUT2D eigenvalue weighted by Gasteiger charge is 2.17. The summed E-state index contributed by atoms with van der Waals surface area (Å²) in [6, 6.07) is 1.91. The summed E-state index contributed by atoms with van der Waals surface area (Å²) >= 11 is 5.89. The molecule has 0 unspecified atom stereocenters. The fourth-order valence-electron chi connectivity index (χ4n) is 1.90. The van der Waals surface area contributed by atoms with Crippen LogP contribution in [0.15, 0.2) is 12.3 Å². The second-order valence-electron chi connectivity index (χ2n) is 3.87. The van der Waals surface area contributed by atoms with Gasteiger partial charge in [-0.05, 0) is 12.8 Å². The van der Waals surface area contributed by atoms with Gasteiger partial charge in [0.05, 0.1) is 19.0 Å². The normalized spacial score (nSPS) is 16.4. The molecule has 0 aliphatic carbocycles. The first-order chi connectivity index (χ1) is 7.72. The number of methoxy groups -OCH3 is 1. The Kier molecular flexibility index (Phi) is 3.51. The monoisotopic (exact) mass is 241 g/mol. The quantitative estimate of drug-likeness (QED) is 0.759. The molecule has 5 heteroatoms. The molecule has 1 aromatic rings. The fraction of sp³-hybridized carbons (Fsp3) is 0.545. The van der Waals surface area contributed by atoms with Gasteiger partial charge in [-0.3, -0.25) is 0 Å². The molecule has 0 radical (unpaired) electrons. The molecule has 0 saturated carbocycles. The summed E-state index contributed by atoms with van der Waals surface area (Å²) in [7, 11) is 3.64. The smallest absolute Gasteiger partial charge is 0.171 e. The highest BCUT2D eigenvalue weighted by Crippen LogP contribution is 2.27. The second kappa shape index (κ2) is 4.89. The van der Waals surface area contributed by atoms with Crippen molar-refractivity contribution >= 4 is 17.3 Å². The number of hydrazine groups is 1. The maximum absolute atomic E-state index is 5.89. The Morgan fingerprint density at radius 3 is 2.75 bits per heavy atom. The molecule has 88 valence electrons. The van der Waals surface area contributed by atoms with Crippen molar-refractivity contribution in [1.82, 2.24) is 9.99 Å². The number of halogens is 1. The van der Waals surface area contributed by atoms with Gasteiger partial charge in [-0.15, -0.1) is 0 Å². The Balaban J connectivity index is 2.19. The number of hydrogen-bond donors (Lipinski definition) is 0. The first-order valence-corrected chi connectivity index (χ1v) is 5.78. The molecule has 0 amide bonds. The summed E-state index contributed by atoms with van der Waals surface area (Å²) in [6.07, 6.45) is 4.27. The van der Waals surface area contributed by atoms with Gasteiger partial charge < -0.3 is 9.75 Å². The van der Waals surface area contributed by atoms with Gasteiger partial charge in [-0.1, -0.05) is 11.6 Å². The molecule has 1 fully saturated rings. The minimum Gasteiger partial charge on any atom is -0.493 e. The van der Waals surface area contributed by atoms with Crippen LogP contribution in [0.3, 0.4) is 0 Å². The van der Waals surface area contributed by atoms with E-state index >= 15 is 0 Å². The van der Waals surface area contributed by atoms with Crippen molar-refractivity contribution in [2.24, 2.45) is 0 Å². The van der Waals surface area contributed by atoms with E-state index in [2.05, 4.69) is 15.0 Å². The van der Waals surface area contributed by atoms with E-state index < -0.39 is 0 Å². The predicted molar refractivity (Wildman–Crippen MR) is 65.0 cm³/mol. The Morgan fingerprint density at radius 2 is 2.12 bits per heavy atom. The third kappa shape index (κ3) is 2.23. The fourth-order valence-corrected chi connectivity index (χ4v) is 2.08. The second-order valence-corrected chi connectivity index (χ2v) is 4.23. The van der Waals surface area contributed by atoms with Crippen LogP contribution in [0.25, 0.3) is 0 Å². The standard InChI is InChI=1S/C11H16ClN3O/c1-14(15-5-3-4-6-15)9-7-10(16-2)11(12)13-8-9/h7-8H,3-6H2,1-2H3. The van der Waals surface area contributed by atoms with Gasteiger partial charge in [0.25, 0.3) is 0 Å². The zero-order valence-corrected chi connectivity index (χ0v) is 10.4. The van der Waals surface area contributed by atoms with Crippen LogP contribution >= 0.6 is 11.6 Å². The third-order valence-electron chi connectivity index (χ3n) is 2.89. The van der Waals surface area contributed by atoms with Crippen LogP contribution in [-0.2, 0) is 0 Å². The number of hydrogen-bond acceptors (Lipinski definition) is 4. The van der Waals surface area contributed by atoms with Crippen LogP contribution < -0.4 is 9.75 Å². The largest absolute Gasteiger partial charge is 0.493 e. The average Bonchev–Trinajstić information content (AvgIpc) is 2.82. The Hall–Kier alpha value is -1.00. The Morgan fingerprint density at radius 1 is 1.44 bits per heavy atom. The minimum absolute atomic E-state index is 0.404. The molecular formula is C11H16ClN3O. The molecule has 0 atom stereocenters. The summed E-state index contributed by atoms with van der Waals surface area (Å²) in [5.41, 5.74) is 1.00. The van der Waals surface area contributed by atoms with E-state index in [4.69, 9.17) is 16.3 Å². The maximum Gasteiger partial charge on any atom is 0.171 e. The zero-order valence-electron chi connectivity index (χ0n) is 9.61. The lowest BCUT2D eigenvalue weighted by Crippen LogP contribution is -2.37. The van der Waals surface area contributed by atoms with Crippen molar-refractivity contribution in [2.45, 2.75) is 12.8 Å². The summed E-state index contributed by atoms with van der Waals surface area (Å²) in [5, 5.41) is 4.81. The van der Waals surface area contributed by atoms with Crippen molar-refractivity contribution in [1.29, 1.82) is 0 Å². The highest BCUT2D eigenvalue weighted by molar-refractivity contribution is 6.30. The SMILES string of the molecule is COc1cc(N(C)N2CCCC2)cnc1Cl. The number of ether oxygens (including phenoxy) is 1. The molecule has 0 N–H and O–H groups in total. The van der Waals surface area contributed by atoms with Crippen LogP contribution in [0.1, 0.15) is 12.8 Å². The van der Waals surface area contributed by atoms with Crippen molar-refractivity contribution in [3.8, 4) is 5.75 Å². The number of pyridine rings is 1. The highest BCUT2D eigenvalue weighted by atomic mass is 35.5. The van der Waals surface area contributed by atoms with Gasteiger partial charge in [-0.2, -0.15) is 0 Å². The van der Waals surface area contributed by atoms with Crippen molar-refractivity contribution in [3.63, 3.8) is 0 Å². The van der Waals surface area contributed by atoms with Gasteiger partial charge in [0, 0.05) is 26.2 Å². The minimum atomic E-state index is 0.404. The predicted octanol–water partition coefficient (Wildman–Crippen LogP) is 2.19. The van der Waals surface area contributed by atoms with E-state index in [9.17, 15) is 0 Å².